The van der Waals surface area contributed by atoms with E-state index in [1.165, 1.54) is 0 Å². The van der Waals surface area contributed by atoms with Crippen molar-refractivity contribution in [3.8, 4) is 0 Å². The summed E-state index contributed by atoms with van der Waals surface area (Å²) in [7, 11) is 0. The van der Waals surface area contributed by atoms with E-state index in [2.05, 4.69) is 38.2 Å². The Labute approximate surface area is 110 Å². The Bertz CT molecular complexity index is 361. The van der Waals surface area contributed by atoms with E-state index < -0.39 is 0 Å². The van der Waals surface area contributed by atoms with Gasteiger partial charge in [0.05, 0.1) is 12.1 Å². The van der Waals surface area contributed by atoms with Crippen molar-refractivity contribution in [2.24, 2.45) is 5.92 Å². The van der Waals surface area contributed by atoms with E-state index in [9.17, 15) is 0 Å². The lowest BCUT2D eigenvalue weighted by molar-refractivity contribution is 0.0748. The molecule has 0 bridgehead atoms. The zero-order valence-corrected chi connectivity index (χ0v) is 11.7. The maximum atomic E-state index is 5.93. The van der Waals surface area contributed by atoms with Gasteiger partial charge in [-0.25, -0.2) is 0 Å². The first-order chi connectivity index (χ1) is 8.80. The highest BCUT2D eigenvalue weighted by Gasteiger charge is 2.35. The summed E-state index contributed by atoms with van der Waals surface area (Å²) >= 11 is 0. The molecule has 0 aliphatic carbocycles. The van der Waals surface area contributed by atoms with Gasteiger partial charge in [-0.15, -0.1) is 0 Å². The van der Waals surface area contributed by atoms with Gasteiger partial charge in [0.15, 0.2) is 0 Å². The molecule has 1 aromatic rings. The van der Waals surface area contributed by atoms with Gasteiger partial charge in [0, 0.05) is 18.9 Å². The fraction of sp³-hybridized carbons (Fsp3) is 0.733. The highest BCUT2D eigenvalue weighted by molar-refractivity contribution is 5.13. The van der Waals surface area contributed by atoms with Gasteiger partial charge in [0.1, 0.15) is 11.5 Å². The summed E-state index contributed by atoms with van der Waals surface area (Å²) in [6.45, 7) is 8.31. The lowest BCUT2D eigenvalue weighted by Crippen LogP contribution is -2.32. The lowest BCUT2D eigenvalue weighted by atomic mass is 9.89. The van der Waals surface area contributed by atoms with Crippen LogP contribution in [0, 0.1) is 5.92 Å². The van der Waals surface area contributed by atoms with Crippen LogP contribution in [0.5, 0.6) is 0 Å². The maximum absolute atomic E-state index is 5.93. The van der Waals surface area contributed by atoms with Gasteiger partial charge < -0.3 is 14.5 Å². The molecule has 2 heterocycles. The molecule has 18 heavy (non-hydrogen) atoms. The highest BCUT2D eigenvalue weighted by atomic mass is 16.5. The number of aryl methyl sites for hydroxylation is 1. The first-order valence-corrected chi connectivity index (χ1v) is 7.23. The standard InChI is InChI=1S/C15H25NO2/c1-4-11-7-8-14(18-11)15(16-6-3)12-9-10-17-13(12)5-2/h7-8,12-13,15-16H,4-6,9-10H2,1-3H3. The summed E-state index contributed by atoms with van der Waals surface area (Å²) in [4.78, 5) is 0. The predicted molar refractivity (Wildman–Crippen MR) is 72.6 cm³/mol. The van der Waals surface area contributed by atoms with Gasteiger partial charge >= 0.3 is 0 Å². The van der Waals surface area contributed by atoms with Crippen LogP contribution < -0.4 is 5.32 Å². The van der Waals surface area contributed by atoms with Crippen LogP contribution in [0.4, 0.5) is 0 Å². The molecule has 1 N–H and O–H groups in total. The van der Waals surface area contributed by atoms with Crippen LogP contribution in [0.2, 0.25) is 0 Å². The Morgan fingerprint density at radius 1 is 1.33 bits per heavy atom. The number of rotatable bonds is 6. The van der Waals surface area contributed by atoms with E-state index in [-0.39, 0.29) is 0 Å². The second-order valence-corrected chi connectivity index (χ2v) is 4.96. The van der Waals surface area contributed by atoms with E-state index in [0.717, 1.165) is 43.9 Å². The third-order valence-corrected chi connectivity index (χ3v) is 3.85. The van der Waals surface area contributed by atoms with Crippen LogP contribution in [0.15, 0.2) is 16.5 Å². The quantitative estimate of drug-likeness (QED) is 0.842. The summed E-state index contributed by atoms with van der Waals surface area (Å²) in [6.07, 6.45) is 3.52. The van der Waals surface area contributed by atoms with Gasteiger partial charge in [-0.3, -0.25) is 0 Å². The molecule has 3 heteroatoms. The molecule has 1 fully saturated rings. The highest BCUT2D eigenvalue weighted by Crippen LogP contribution is 2.35. The Kier molecular flexibility index (Phi) is 4.84. The molecule has 0 aromatic carbocycles. The van der Waals surface area contributed by atoms with Crippen molar-refractivity contribution < 1.29 is 9.15 Å². The molecule has 0 saturated carbocycles. The van der Waals surface area contributed by atoms with Crippen molar-refractivity contribution in [3.05, 3.63) is 23.7 Å². The van der Waals surface area contributed by atoms with E-state index in [1.54, 1.807) is 0 Å². The van der Waals surface area contributed by atoms with Gasteiger partial charge in [-0.1, -0.05) is 20.8 Å². The van der Waals surface area contributed by atoms with Crippen molar-refractivity contribution in [1.82, 2.24) is 5.32 Å². The molecular weight excluding hydrogens is 226 g/mol. The Balaban J connectivity index is 2.16. The minimum Gasteiger partial charge on any atom is -0.464 e. The minimum absolute atomic E-state index is 0.294. The molecule has 3 atom stereocenters. The number of hydrogen-bond acceptors (Lipinski definition) is 3. The van der Waals surface area contributed by atoms with Crippen molar-refractivity contribution >= 4 is 0 Å². The third kappa shape index (κ3) is 2.78. The summed E-state index contributed by atoms with van der Waals surface area (Å²) in [5.74, 6) is 2.67. The van der Waals surface area contributed by atoms with Crippen LogP contribution in [0.25, 0.3) is 0 Å². The van der Waals surface area contributed by atoms with Gasteiger partial charge in [-0.05, 0) is 31.5 Å². The molecule has 0 radical (unpaired) electrons. The summed E-state index contributed by atoms with van der Waals surface area (Å²) in [6, 6.07) is 4.51. The van der Waals surface area contributed by atoms with Crippen LogP contribution in [0.3, 0.4) is 0 Å². The molecule has 0 spiro atoms. The van der Waals surface area contributed by atoms with Crippen molar-refractivity contribution in [1.29, 1.82) is 0 Å². The van der Waals surface area contributed by atoms with E-state index in [4.69, 9.17) is 9.15 Å². The number of ether oxygens (including phenoxy) is 1. The topological polar surface area (TPSA) is 34.4 Å². The fourth-order valence-corrected chi connectivity index (χ4v) is 2.90. The first-order valence-electron chi connectivity index (χ1n) is 7.23. The second-order valence-electron chi connectivity index (χ2n) is 4.96. The average molecular weight is 251 g/mol. The fourth-order valence-electron chi connectivity index (χ4n) is 2.90. The molecule has 0 amide bonds. The minimum atomic E-state index is 0.294. The zero-order chi connectivity index (χ0) is 13.0. The van der Waals surface area contributed by atoms with Gasteiger partial charge in [0.25, 0.3) is 0 Å². The number of hydrogen-bond donors (Lipinski definition) is 1. The molecule has 1 saturated heterocycles. The monoisotopic (exact) mass is 251 g/mol. The first kappa shape index (κ1) is 13.6. The van der Waals surface area contributed by atoms with Crippen LogP contribution >= 0.6 is 0 Å². The molecule has 1 aliphatic heterocycles. The van der Waals surface area contributed by atoms with E-state index >= 15 is 0 Å². The van der Waals surface area contributed by atoms with E-state index in [1.807, 2.05) is 0 Å². The number of furan rings is 1. The molecule has 1 aliphatic rings. The average Bonchev–Trinajstić information content (AvgIpc) is 3.04. The van der Waals surface area contributed by atoms with Gasteiger partial charge in [0.2, 0.25) is 0 Å². The zero-order valence-electron chi connectivity index (χ0n) is 11.7. The number of nitrogens with one attached hydrogen (secondary N) is 1. The smallest absolute Gasteiger partial charge is 0.121 e. The molecule has 102 valence electrons. The summed E-state index contributed by atoms with van der Waals surface area (Å²) in [5.41, 5.74) is 0. The van der Waals surface area contributed by atoms with Crippen LogP contribution in [0.1, 0.15) is 51.2 Å². The third-order valence-electron chi connectivity index (χ3n) is 3.85. The largest absolute Gasteiger partial charge is 0.464 e. The Morgan fingerprint density at radius 3 is 2.78 bits per heavy atom. The maximum Gasteiger partial charge on any atom is 0.121 e. The molecular formula is C15H25NO2. The second kappa shape index (κ2) is 6.39. The molecule has 2 rings (SSSR count). The van der Waals surface area contributed by atoms with Crippen molar-refractivity contribution in [3.63, 3.8) is 0 Å². The molecule has 3 unspecified atom stereocenters. The van der Waals surface area contributed by atoms with Crippen molar-refractivity contribution in [2.45, 2.75) is 52.2 Å². The van der Waals surface area contributed by atoms with Gasteiger partial charge in [-0.2, -0.15) is 0 Å². The van der Waals surface area contributed by atoms with Crippen molar-refractivity contribution in [2.75, 3.05) is 13.2 Å². The van der Waals surface area contributed by atoms with Crippen LogP contribution in [-0.4, -0.2) is 19.3 Å². The van der Waals surface area contributed by atoms with Crippen LogP contribution in [-0.2, 0) is 11.2 Å². The SMILES string of the molecule is CCNC(c1ccc(CC)o1)C1CCOC1CC. The predicted octanol–water partition coefficient (Wildman–Crippen LogP) is 3.31. The lowest BCUT2D eigenvalue weighted by Gasteiger charge is -2.26. The summed E-state index contributed by atoms with van der Waals surface area (Å²) < 4.78 is 11.7. The molecule has 1 aromatic heterocycles. The van der Waals surface area contributed by atoms with E-state index in [0.29, 0.717) is 18.1 Å². The summed E-state index contributed by atoms with van der Waals surface area (Å²) in [5, 5.41) is 3.57. The Hall–Kier alpha value is -0.800. The normalized spacial score (nSPS) is 25.5. The Morgan fingerprint density at radius 2 is 2.17 bits per heavy atom. The molecule has 3 nitrogen and oxygen atoms in total.